The van der Waals surface area contributed by atoms with E-state index in [9.17, 15) is 19.7 Å². The molecule has 1 amide bonds. The van der Waals surface area contributed by atoms with Crippen LogP contribution in [-0.4, -0.2) is 79.1 Å². The Bertz CT molecular complexity index is 2350. The largest absolute Gasteiger partial charge is 0.497 e. The van der Waals surface area contributed by atoms with Gasteiger partial charge in [-0.3, -0.25) is 14.8 Å². The van der Waals surface area contributed by atoms with E-state index >= 15 is 0 Å². The molecule has 0 aliphatic carbocycles. The van der Waals surface area contributed by atoms with E-state index in [0.29, 0.717) is 66.5 Å². The van der Waals surface area contributed by atoms with Crippen LogP contribution < -0.4 is 4.74 Å². The van der Waals surface area contributed by atoms with Crippen molar-refractivity contribution in [2.45, 2.75) is 51.8 Å². The zero-order valence-electron chi connectivity index (χ0n) is 30.1. The Morgan fingerprint density at radius 3 is 2.40 bits per heavy atom. The molecule has 14 heteroatoms. The minimum Gasteiger partial charge on any atom is -0.497 e. The third kappa shape index (κ3) is 7.12. The number of likely N-dealkylation sites (tertiary alicyclic amines) is 1. The maximum atomic E-state index is 12.7. The van der Waals surface area contributed by atoms with Crippen molar-refractivity contribution in [1.29, 1.82) is 0 Å². The number of piperidine rings is 1. The lowest BCUT2D eigenvalue weighted by atomic mass is 10.1. The minimum absolute atomic E-state index is 0.0371. The quantitative estimate of drug-likeness (QED) is 0.0881. The van der Waals surface area contributed by atoms with Crippen molar-refractivity contribution >= 4 is 39.7 Å². The summed E-state index contributed by atoms with van der Waals surface area (Å²) in [5.41, 5.74) is 3.75. The molecule has 3 aromatic carbocycles. The topological polar surface area (TPSA) is 157 Å². The first-order valence-corrected chi connectivity index (χ1v) is 17.2. The number of non-ortho nitro benzene ring substituents is 1. The zero-order valence-corrected chi connectivity index (χ0v) is 30.1. The van der Waals surface area contributed by atoms with E-state index < -0.39 is 16.5 Å². The summed E-state index contributed by atoms with van der Waals surface area (Å²) in [5, 5.41) is 18.1. The van der Waals surface area contributed by atoms with E-state index in [1.165, 1.54) is 19.2 Å². The summed E-state index contributed by atoms with van der Waals surface area (Å²) in [6.07, 6.45) is 4.76. The Morgan fingerprint density at radius 1 is 0.962 bits per heavy atom. The van der Waals surface area contributed by atoms with Gasteiger partial charge < -0.3 is 23.7 Å². The fraction of sp³-hybridized carbons (Fsp3) is 0.308. The fourth-order valence-corrected chi connectivity index (χ4v) is 6.69. The summed E-state index contributed by atoms with van der Waals surface area (Å²) >= 11 is 0. The van der Waals surface area contributed by atoms with Gasteiger partial charge in [-0.2, -0.15) is 5.10 Å². The predicted molar refractivity (Wildman–Crippen MR) is 198 cm³/mol. The van der Waals surface area contributed by atoms with Gasteiger partial charge in [0.05, 0.1) is 53.5 Å². The fourth-order valence-electron chi connectivity index (χ4n) is 6.69. The number of carbonyl (C=O) groups is 2. The van der Waals surface area contributed by atoms with Crippen LogP contribution in [0, 0.1) is 10.1 Å². The maximum absolute atomic E-state index is 12.7. The number of rotatable bonds is 8. The van der Waals surface area contributed by atoms with Gasteiger partial charge in [0.2, 0.25) is 0 Å². The van der Waals surface area contributed by atoms with Crippen LogP contribution in [0.2, 0.25) is 0 Å². The van der Waals surface area contributed by atoms with Crippen LogP contribution in [0.25, 0.3) is 44.6 Å². The molecule has 3 aromatic heterocycles. The Morgan fingerprint density at radius 2 is 1.72 bits per heavy atom. The van der Waals surface area contributed by atoms with Gasteiger partial charge in [-0.25, -0.2) is 19.6 Å². The molecule has 53 heavy (non-hydrogen) atoms. The van der Waals surface area contributed by atoms with Gasteiger partial charge >= 0.3 is 12.1 Å². The van der Waals surface area contributed by atoms with Crippen LogP contribution in [0.5, 0.6) is 5.75 Å². The molecule has 1 saturated heterocycles. The van der Waals surface area contributed by atoms with Crippen LogP contribution >= 0.6 is 0 Å². The molecular formula is C39H39N7O7. The molecule has 6 aromatic rings. The molecule has 0 radical (unpaired) electrons. The van der Waals surface area contributed by atoms with Gasteiger partial charge in [-0.15, -0.1) is 0 Å². The molecule has 4 heterocycles. The number of esters is 1. The lowest BCUT2D eigenvalue weighted by molar-refractivity contribution is -0.384. The van der Waals surface area contributed by atoms with Crippen molar-refractivity contribution in [3.05, 3.63) is 100 Å². The number of benzene rings is 3. The molecular weight excluding hydrogens is 678 g/mol. The van der Waals surface area contributed by atoms with Gasteiger partial charge in [0.15, 0.2) is 5.82 Å². The number of hydrogen-bond acceptors (Lipinski definition) is 10. The average Bonchev–Trinajstić information content (AvgIpc) is 3.77. The summed E-state index contributed by atoms with van der Waals surface area (Å²) in [7, 11) is 2.95. The molecule has 1 aliphatic heterocycles. The second-order valence-corrected chi connectivity index (χ2v) is 14.0. The predicted octanol–water partition coefficient (Wildman–Crippen LogP) is 7.44. The van der Waals surface area contributed by atoms with Crippen LogP contribution in [0.15, 0.2) is 79.1 Å². The summed E-state index contributed by atoms with van der Waals surface area (Å²) in [4.78, 5) is 48.6. The SMILES string of the molecule is COC(=O)c1ccc2c3c(-c4cnn(C5CCN(C(=O)OC(C)(C)C)CC5)c4)nc(-c4cccc([N+](=O)[O-])c4)nc3n(Cc3ccc(OC)cc3)c2c1. The number of aromatic nitrogens is 5. The summed E-state index contributed by atoms with van der Waals surface area (Å²) in [6, 6.07) is 19.3. The highest BCUT2D eigenvalue weighted by Crippen LogP contribution is 2.38. The summed E-state index contributed by atoms with van der Waals surface area (Å²) in [5.74, 6) is 0.534. The number of nitro groups is 1. The smallest absolute Gasteiger partial charge is 0.410 e. The van der Waals surface area contributed by atoms with Crippen molar-refractivity contribution in [1.82, 2.24) is 29.2 Å². The number of ether oxygens (including phenoxy) is 3. The number of nitrogens with zero attached hydrogens (tertiary/aromatic N) is 7. The van der Waals surface area contributed by atoms with Crippen LogP contribution in [0.4, 0.5) is 10.5 Å². The van der Waals surface area contributed by atoms with Crippen LogP contribution in [0.3, 0.4) is 0 Å². The van der Waals surface area contributed by atoms with E-state index in [2.05, 4.69) is 0 Å². The van der Waals surface area contributed by atoms with E-state index in [1.54, 1.807) is 42.5 Å². The van der Waals surface area contributed by atoms with E-state index in [4.69, 9.17) is 29.3 Å². The molecule has 7 rings (SSSR count). The molecule has 0 spiro atoms. The molecule has 1 fully saturated rings. The van der Waals surface area contributed by atoms with Gasteiger partial charge in [0, 0.05) is 54.5 Å². The van der Waals surface area contributed by atoms with Crippen molar-refractivity contribution in [2.75, 3.05) is 27.3 Å². The zero-order chi connectivity index (χ0) is 37.4. The lowest BCUT2D eigenvalue weighted by Crippen LogP contribution is -2.42. The number of hydrogen-bond donors (Lipinski definition) is 0. The van der Waals surface area contributed by atoms with Gasteiger partial charge in [-0.1, -0.05) is 30.3 Å². The van der Waals surface area contributed by atoms with Gasteiger partial charge in [-0.05, 0) is 63.4 Å². The Balaban J connectivity index is 1.37. The molecule has 0 N–H and O–H groups in total. The van der Waals surface area contributed by atoms with Crippen molar-refractivity contribution < 1.29 is 28.7 Å². The Hall–Kier alpha value is -6.31. The number of fused-ring (bicyclic) bond motifs is 3. The lowest BCUT2D eigenvalue weighted by Gasteiger charge is -2.33. The van der Waals surface area contributed by atoms with Gasteiger partial charge in [0.1, 0.15) is 17.0 Å². The first-order chi connectivity index (χ1) is 25.4. The Labute approximate surface area is 305 Å². The molecule has 0 saturated carbocycles. The highest BCUT2D eigenvalue weighted by atomic mass is 16.6. The second kappa shape index (κ2) is 14.0. The number of methoxy groups -OCH3 is 2. The normalized spacial score (nSPS) is 13.7. The average molecular weight is 718 g/mol. The first-order valence-electron chi connectivity index (χ1n) is 17.2. The molecule has 1 aliphatic rings. The van der Waals surface area contributed by atoms with Gasteiger partial charge in [0.25, 0.3) is 5.69 Å². The second-order valence-electron chi connectivity index (χ2n) is 14.0. The molecule has 0 bridgehead atoms. The van der Waals surface area contributed by atoms with Crippen LogP contribution in [0.1, 0.15) is 55.6 Å². The molecule has 14 nitrogen and oxygen atoms in total. The standard InChI is InChI=1S/C39H39N7O7/c1-39(2,3)53-38(48)43-17-15-28(16-18-43)45-23-27(21-40-45)34-33-31-14-11-26(37(47)52-5)20-32(31)44(22-24-9-12-30(51-4)13-10-24)36(33)42-35(41-34)25-7-6-8-29(19-25)46(49)50/h6-14,19-21,23,28H,15-18,22H2,1-5H3. The van der Waals surface area contributed by atoms with Crippen molar-refractivity contribution in [2.24, 2.45) is 0 Å². The molecule has 272 valence electrons. The monoisotopic (exact) mass is 717 g/mol. The number of nitro benzene ring substituents is 1. The third-order valence-corrected chi connectivity index (χ3v) is 9.30. The summed E-state index contributed by atoms with van der Waals surface area (Å²) in [6.45, 7) is 7.01. The minimum atomic E-state index is -0.574. The van der Waals surface area contributed by atoms with E-state index in [1.807, 2.05) is 66.5 Å². The number of amides is 1. The van der Waals surface area contributed by atoms with Crippen molar-refractivity contribution in [3.8, 4) is 28.4 Å². The van der Waals surface area contributed by atoms with Crippen molar-refractivity contribution in [3.63, 3.8) is 0 Å². The first kappa shape index (κ1) is 35.1. The maximum Gasteiger partial charge on any atom is 0.410 e. The third-order valence-electron chi connectivity index (χ3n) is 9.30. The summed E-state index contributed by atoms with van der Waals surface area (Å²) < 4.78 is 19.9. The van der Waals surface area contributed by atoms with E-state index in [-0.39, 0.29) is 17.8 Å². The Kier molecular flexibility index (Phi) is 9.28. The highest BCUT2D eigenvalue weighted by molar-refractivity contribution is 6.14. The highest BCUT2D eigenvalue weighted by Gasteiger charge is 2.29. The van der Waals surface area contributed by atoms with Crippen LogP contribution in [-0.2, 0) is 16.0 Å². The van der Waals surface area contributed by atoms with E-state index in [0.717, 1.165) is 27.4 Å². The number of carbonyl (C=O) groups excluding carboxylic acids is 2. The molecule has 0 atom stereocenters. The molecule has 0 unspecified atom stereocenters.